The zero-order valence-electron chi connectivity index (χ0n) is 18.0. The van der Waals surface area contributed by atoms with Gasteiger partial charge >= 0.3 is 0 Å². The Morgan fingerprint density at radius 2 is 1.97 bits per heavy atom. The normalized spacial score (nSPS) is 14.3. The smallest absolute Gasteiger partial charge is 0.258 e. The van der Waals surface area contributed by atoms with Crippen molar-refractivity contribution in [2.24, 2.45) is 5.92 Å². The minimum atomic E-state index is -0.509. The van der Waals surface area contributed by atoms with Crippen molar-refractivity contribution in [2.45, 2.75) is 27.2 Å². The summed E-state index contributed by atoms with van der Waals surface area (Å²) < 4.78 is 14.1. The van der Waals surface area contributed by atoms with Gasteiger partial charge in [0, 0.05) is 30.4 Å². The monoisotopic (exact) mass is 435 g/mol. The number of halogens is 1. The topological polar surface area (TPSA) is 45.2 Å². The maximum Gasteiger partial charge on any atom is 0.258 e. The zero-order chi connectivity index (χ0) is 22.0. The molecule has 1 aliphatic rings. The summed E-state index contributed by atoms with van der Waals surface area (Å²) in [5.41, 5.74) is 5.40. The van der Waals surface area contributed by atoms with E-state index < -0.39 is 11.7 Å². The van der Waals surface area contributed by atoms with Gasteiger partial charge in [0.05, 0.1) is 5.56 Å². The molecule has 4 rings (SSSR count). The summed E-state index contributed by atoms with van der Waals surface area (Å²) in [6, 6.07) is 12.4. The quantitative estimate of drug-likeness (QED) is 0.522. The molecule has 3 aromatic rings. The second-order valence-corrected chi connectivity index (χ2v) is 9.03. The number of hydrogen-bond donors (Lipinski definition) is 1. The predicted octanol–water partition coefficient (Wildman–Crippen LogP) is 6.16. The molecule has 31 heavy (non-hydrogen) atoms. The molecule has 160 valence electrons. The number of anilines is 2. The summed E-state index contributed by atoms with van der Waals surface area (Å²) >= 11 is 1.66. The maximum atomic E-state index is 14.1. The van der Waals surface area contributed by atoms with Crippen molar-refractivity contribution in [2.75, 3.05) is 23.3 Å². The molecule has 1 N–H and O–H groups in total. The van der Waals surface area contributed by atoms with Crippen molar-refractivity contribution in [1.82, 2.24) is 4.98 Å². The van der Waals surface area contributed by atoms with E-state index in [-0.39, 0.29) is 5.56 Å². The molecule has 0 saturated heterocycles. The molecule has 4 nitrogen and oxygen atoms in total. The van der Waals surface area contributed by atoms with Gasteiger partial charge in [-0.2, -0.15) is 0 Å². The molecule has 2 aromatic carbocycles. The van der Waals surface area contributed by atoms with E-state index in [2.05, 4.69) is 29.0 Å². The highest BCUT2D eigenvalue weighted by molar-refractivity contribution is 7.13. The van der Waals surface area contributed by atoms with E-state index in [1.807, 2.05) is 35.8 Å². The molecular formula is C25H26FN3OS. The third kappa shape index (κ3) is 4.69. The molecule has 0 saturated carbocycles. The lowest BCUT2D eigenvalue weighted by molar-refractivity contribution is 0.102. The number of carbonyl (C=O) groups excluding carboxylic acids is 1. The molecule has 0 aliphatic carbocycles. The van der Waals surface area contributed by atoms with Crippen LogP contribution in [-0.4, -0.2) is 24.0 Å². The summed E-state index contributed by atoms with van der Waals surface area (Å²) in [6.07, 6.45) is 2.85. The van der Waals surface area contributed by atoms with E-state index in [1.54, 1.807) is 24.3 Å². The van der Waals surface area contributed by atoms with Gasteiger partial charge in [-0.1, -0.05) is 37.6 Å². The van der Waals surface area contributed by atoms with Crippen LogP contribution in [0.5, 0.6) is 0 Å². The first-order valence-electron chi connectivity index (χ1n) is 10.5. The minimum Gasteiger partial charge on any atom is -0.343 e. The molecular weight excluding hydrogens is 409 g/mol. The van der Waals surface area contributed by atoms with Crippen molar-refractivity contribution in [1.29, 1.82) is 0 Å². The van der Waals surface area contributed by atoms with Crippen LogP contribution in [-0.2, 0) is 0 Å². The number of rotatable bonds is 5. The number of benzene rings is 2. The van der Waals surface area contributed by atoms with Crippen molar-refractivity contribution >= 4 is 33.6 Å². The number of nitrogens with one attached hydrogen (secondary N) is 1. The number of carbonyl (C=O) groups is 1. The van der Waals surface area contributed by atoms with Crippen molar-refractivity contribution in [3.63, 3.8) is 0 Å². The lowest BCUT2D eigenvalue weighted by Crippen LogP contribution is -2.32. The fourth-order valence-corrected chi connectivity index (χ4v) is 4.65. The fraction of sp³-hybridized carbons (Fsp3) is 0.280. The van der Waals surface area contributed by atoms with Crippen LogP contribution in [0.1, 0.15) is 41.8 Å². The van der Waals surface area contributed by atoms with Gasteiger partial charge in [-0.15, -0.1) is 11.3 Å². The Hall–Kier alpha value is -2.99. The van der Waals surface area contributed by atoms with E-state index in [9.17, 15) is 9.18 Å². The molecule has 1 aliphatic heterocycles. The third-order valence-electron chi connectivity index (χ3n) is 5.63. The molecule has 0 bridgehead atoms. The van der Waals surface area contributed by atoms with Crippen LogP contribution in [0.25, 0.3) is 5.57 Å². The number of thiazole rings is 1. The zero-order valence-corrected chi connectivity index (χ0v) is 18.8. The van der Waals surface area contributed by atoms with Crippen LogP contribution >= 0.6 is 11.3 Å². The number of hydrogen-bond acceptors (Lipinski definition) is 4. The molecule has 6 heteroatoms. The molecule has 0 atom stereocenters. The van der Waals surface area contributed by atoms with Crippen LogP contribution in [0, 0.1) is 18.7 Å². The Bertz CT molecular complexity index is 1100. The molecule has 0 spiro atoms. The van der Waals surface area contributed by atoms with Crippen LogP contribution in [0.15, 0.2) is 59.6 Å². The number of amides is 1. The Kier molecular flexibility index (Phi) is 6.18. The lowest BCUT2D eigenvalue weighted by Gasteiger charge is -2.32. The van der Waals surface area contributed by atoms with Gasteiger partial charge in [0.1, 0.15) is 5.82 Å². The highest BCUT2D eigenvalue weighted by Gasteiger charge is 2.23. The van der Waals surface area contributed by atoms with E-state index in [0.29, 0.717) is 11.6 Å². The van der Waals surface area contributed by atoms with Gasteiger partial charge in [-0.3, -0.25) is 4.79 Å². The molecule has 1 amide bonds. The first kappa shape index (κ1) is 21.2. The Balaban J connectivity index is 1.55. The highest BCUT2D eigenvalue weighted by Crippen LogP contribution is 2.34. The summed E-state index contributed by atoms with van der Waals surface area (Å²) in [5, 5.41) is 5.85. The molecule has 0 unspecified atom stereocenters. The van der Waals surface area contributed by atoms with Gasteiger partial charge in [0.2, 0.25) is 0 Å². The second-order valence-electron chi connectivity index (χ2n) is 8.16. The maximum absolute atomic E-state index is 14.1. The van der Waals surface area contributed by atoms with E-state index in [1.165, 1.54) is 23.3 Å². The van der Waals surface area contributed by atoms with Crippen LogP contribution in [0.3, 0.4) is 0 Å². The predicted molar refractivity (Wildman–Crippen MR) is 126 cm³/mol. The van der Waals surface area contributed by atoms with Gasteiger partial charge in [-0.25, -0.2) is 9.37 Å². The third-order valence-corrected chi connectivity index (χ3v) is 6.47. The van der Waals surface area contributed by atoms with Crippen LogP contribution in [0.2, 0.25) is 0 Å². The molecule has 2 heterocycles. The van der Waals surface area contributed by atoms with E-state index in [0.717, 1.165) is 35.8 Å². The SMILES string of the molecule is Cc1ccc(C(=O)Nc2ccc(C3=C(C(C)C)CCN(c4nccs4)C3)cc2)c(F)c1. The van der Waals surface area contributed by atoms with Crippen molar-refractivity contribution < 1.29 is 9.18 Å². The van der Waals surface area contributed by atoms with Crippen LogP contribution < -0.4 is 10.2 Å². The van der Waals surface area contributed by atoms with Gasteiger partial charge in [-0.05, 0) is 60.2 Å². The highest BCUT2D eigenvalue weighted by atomic mass is 32.1. The van der Waals surface area contributed by atoms with Gasteiger partial charge < -0.3 is 10.2 Å². The first-order valence-corrected chi connectivity index (χ1v) is 11.3. The number of nitrogens with zero attached hydrogens (tertiary/aromatic N) is 2. The number of aryl methyl sites for hydroxylation is 1. The lowest BCUT2D eigenvalue weighted by atomic mass is 9.87. The average Bonchev–Trinajstić information content (AvgIpc) is 3.28. The van der Waals surface area contributed by atoms with E-state index >= 15 is 0 Å². The second kappa shape index (κ2) is 9.02. The Morgan fingerprint density at radius 1 is 1.19 bits per heavy atom. The Labute approximate surface area is 186 Å². The molecule has 0 fully saturated rings. The van der Waals surface area contributed by atoms with Gasteiger partial charge in [0.25, 0.3) is 5.91 Å². The van der Waals surface area contributed by atoms with Crippen molar-refractivity contribution in [3.8, 4) is 0 Å². The standard InChI is InChI=1S/C25H26FN3OS/c1-16(2)20-10-12-29(25-27-11-13-31-25)15-22(20)18-5-7-19(8-6-18)28-24(30)21-9-4-17(3)14-23(21)26/h4-9,11,13-14,16H,10,12,15H2,1-3H3,(H,28,30). The van der Waals surface area contributed by atoms with Crippen molar-refractivity contribution in [3.05, 3.63) is 82.1 Å². The molecule has 1 aromatic heterocycles. The summed E-state index contributed by atoms with van der Waals surface area (Å²) in [4.78, 5) is 19.3. The minimum absolute atomic E-state index is 0.0471. The van der Waals surface area contributed by atoms with Crippen LogP contribution in [0.4, 0.5) is 15.2 Å². The largest absolute Gasteiger partial charge is 0.343 e. The number of aromatic nitrogens is 1. The van der Waals surface area contributed by atoms with E-state index in [4.69, 9.17) is 0 Å². The first-order chi connectivity index (χ1) is 14.9. The summed E-state index contributed by atoms with van der Waals surface area (Å²) in [7, 11) is 0. The summed E-state index contributed by atoms with van der Waals surface area (Å²) in [6.45, 7) is 8.06. The van der Waals surface area contributed by atoms with Gasteiger partial charge in [0.15, 0.2) is 5.13 Å². The Morgan fingerprint density at radius 3 is 2.61 bits per heavy atom. The fourth-order valence-electron chi connectivity index (χ4n) is 3.98. The summed E-state index contributed by atoms with van der Waals surface area (Å²) in [5.74, 6) is -0.484. The average molecular weight is 436 g/mol. The molecule has 0 radical (unpaired) electrons.